The first-order valence-electron chi connectivity index (χ1n) is 9.39. The highest BCUT2D eigenvalue weighted by Gasteiger charge is 2.15. The van der Waals surface area contributed by atoms with Crippen molar-refractivity contribution in [3.63, 3.8) is 0 Å². The predicted molar refractivity (Wildman–Crippen MR) is 124 cm³/mol. The highest BCUT2D eigenvalue weighted by atomic mass is 35.5. The summed E-state index contributed by atoms with van der Waals surface area (Å²) in [7, 11) is 0. The predicted octanol–water partition coefficient (Wildman–Crippen LogP) is 6.02. The maximum absolute atomic E-state index is 12.5. The molecule has 0 bridgehead atoms. The van der Waals surface area contributed by atoms with Crippen molar-refractivity contribution in [3.8, 4) is 16.3 Å². The lowest BCUT2D eigenvalue weighted by molar-refractivity contribution is 0.0946. The van der Waals surface area contributed by atoms with Gasteiger partial charge in [-0.25, -0.2) is 4.98 Å². The first-order valence-corrected chi connectivity index (χ1v) is 11.0. The maximum Gasteiger partial charge on any atom is 0.271 e. The van der Waals surface area contributed by atoms with Gasteiger partial charge in [-0.3, -0.25) is 9.78 Å². The third-order valence-corrected chi connectivity index (χ3v) is 5.92. The van der Waals surface area contributed by atoms with E-state index in [-0.39, 0.29) is 12.5 Å². The Morgan fingerprint density at radius 2 is 1.87 bits per heavy atom. The summed E-state index contributed by atoms with van der Waals surface area (Å²) in [5.74, 6) is 0.428. The molecular weight excluding hydrogens is 453 g/mol. The molecule has 2 heterocycles. The van der Waals surface area contributed by atoms with Crippen LogP contribution in [0, 0.1) is 0 Å². The largest absolute Gasteiger partial charge is 0.488 e. The molecule has 2 aromatic heterocycles. The highest BCUT2D eigenvalue weighted by molar-refractivity contribution is 7.13. The van der Waals surface area contributed by atoms with Gasteiger partial charge in [0.25, 0.3) is 5.91 Å². The van der Waals surface area contributed by atoms with E-state index in [1.807, 2.05) is 42.5 Å². The molecule has 8 heteroatoms. The molecular formula is C23H17Cl2N3O2S. The molecule has 1 N–H and O–H groups in total. The number of carbonyl (C=O) groups excluding carboxylic acids is 1. The molecule has 156 valence electrons. The van der Waals surface area contributed by atoms with E-state index in [2.05, 4.69) is 15.3 Å². The Morgan fingerprint density at radius 1 is 1.06 bits per heavy atom. The van der Waals surface area contributed by atoms with Crippen LogP contribution in [0.3, 0.4) is 0 Å². The fourth-order valence-corrected chi connectivity index (χ4v) is 4.13. The minimum atomic E-state index is -0.231. The molecule has 5 nitrogen and oxygen atoms in total. The smallest absolute Gasteiger partial charge is 0.271 e. The van der Waals surface area contributed by atoms with Crippen LogP contribution in [0.1, 0.15) is 21.6 Å². The topological polar surface area (TPSA) is 64.1 Å². The van der Waals surface area contributed by atoms with Crippen molar-refractivity contribution in [1.29, 1.82) is 0 Å². The number of carbonyl (C=O) groups is 1. The van der Waals surface area contributed by atoms with E-state index in [9.17, 15) is 4.79 Å². The number of halogens is 2. The Morgan fingerprint density at radius 3 is 2.68 bits per heavy atom. The lowest BCUT2D eigenvalue weighted by Gasteiger charge is -2.11. The van der Waals surface area contributed by atoms with Gasteiger partial charge in [0.1, 0.15) is 23.1 Å². The lowest BCUT2D eigenvalue weighted by atomic mass is 10.2. The molecule has 2 aromatic carbocycles. The van der Waals surface area contributed by atoms with Crippen LogP contribution in [0.25, 0.3) is 10.6 Å². The number of benzene rings is 2. The number of nitrogens with zero attached hydrogens (tertiary/aromatic N) is 2. The van der Waals surface area contributed by atoms with E-state index in [0.29, 0.717) is 33.0 Å². The summed E-state index contributed by atoms with van der Waals surface area (Å²) in [6.07, 6.45) is 3.38. The lowest BCUT2D eigenvalue weighted by Crippen LogP contribution is -2.23. The summed E-state index contributed by atoms with van der Waals surface area (Å²) < 4.78 is 6.01. The highest BCUT2D eigenvalue weighted by Crippen LogP contribution is 2.33. The fraction of sp³-hybridized carbons (Fsp3) is 0.0870. The SMILES string of the molecule is O=C(NCc1ccncc1)c1csc(-c2ccccc2OCc2ccc(Cl)cc2Cl)n1. The molecule has 4 aromatic rings. The zero-order valence-corrected chi connectivity index (χ0v) is 18.5. The minimum Gasteiger partial charge on any atom is -0.488 e. The van der Waals surface area contributed by atoms with Crippen molar-refractivity contribution < 1.29 is 9.53 Å². The Balaban J connectivity index is 1.46. The number of nitrogens with one attached hydrogen (secondary N) is 1. The van der Waals surface area contributed by atoms with Crippen LogP contribution in [0.4, 0.5) is 0 Å². The van der Waals surface area contributed by atoms with Crippen molar-refractivity contribution in [1.82, 2.24) is 15.3 Å². The van der Waals surface area contributed by atoms with Gasteiger partial charge in [-0.05, 0) is 42.0 Å². The quantitative estimate of drug-likeness (QED) is 0.359. The Bertz CT molecular complexity index is 1200. The average molecular weight is 470 g/mol. The van der Waals surface area contributed by atoms with Crippen molar-refractivity contribution in [2.75, 3.05) is 0 Å². The fourth-order valence-electron chi connectivity index (χ4n) is 2.84. The number of aromatic nitrogens is 2. The molecule has 0 radical (unpaired) electrons. The molecule has 0 saturated carbocycles. The zero-order valence-electron chi connectivity index (χ0n) is 16.2. The number of rotatable bonds is 7. The van der Waals surface area contributed by atoms with Crippen LogP contribution in [-0.4, -0.2) is 15.9 Å². The van der Waals surface area contributed by atoms with Crippen molar-refractivity contribution in [2.24, 2.45) is 0 Å². The standard InChI is InChI=1S/C23H17Cl2N3O2S/c24-17-6-5-16(19(25)11-17)13-30-21-4-2-1-3-18(21)23-28-20(14-31-23)22(29)27-12-15-7-9-26-10-8-15/h1-11,14H,12-13H2,(H,27,29). The zero-order chi connectivity index (χ0) is 21.6. The molecule has 0 saturated heterocycles. The van der Waals surface area contributed by atoms with Gasteiger partial charge in [0, 0.05) is 39.9 Å². The molecule has 31 heavy (non-hydrogen) atoms. The summed E-state index contributed by atoms with van der Waals surface area (Å²) in [6.45, 7) is 0.702. The molecule has 0 aliphatic rings. The van der Waals surface area contributed by atoms with Crippen LogP contribution in [0.5, 0.6) is 5.75 Å². The van der Waals surface area contributed by atoms with E-state index in [1.54, 1.807) is 29.9 Å². The first kappa shape index (κ1) is 21.3. The van der Waals surface area contributed by atoms with E-state index < -0.39 is 0 Å². The molecule has 0 aliphatic carbocycles. The van der Waals surface area contributed by atoms with E-state index in [0.717, 1.165) is 16.7 Å². The van der Waals surface area contributed by atoms with Gasteiger partial charge in [0.15, 0.2) is 0 Å². The van der Waals surface area contributed by atoms with Crippen LogP contribution in [-0.2, 0) is 13.2 Å². The second-order valence-corrected chi connectivity index (χ2v) is 8.30. The van der Waals surface area contributed by atoms with Gasteiger partial charge in [0.05, 0.1) is 5.56 Å². The summed E-state index contributed by atoms with van der Waals surface area (Å²) in [4.78, 5) is 21.0. The Labute approximate surface area is 193 Å². The number of pyridine rings is 1. The number of hydrogen-bond donors (Lipinski definition) is 1. The second-order valence-electron chi connectivity index (χ2n) is 6.60. The summed E-state index contributed by atoms with van der Waals surface area (Å²) >= 11 is 13.6. The number of para-hydroxylation sites is 1. The molecule has 0 unspecified atom stereocenters. The molecule has 4 rings (SSSR count). The van der Waals surface area contributed by atoms with Gasteiger partial charge < -0.3 is 10.1 Å². The average Bonchev–Trinajstić information content (AvgIpc) is 3.28. The minimum absolute atomic E-state index is 0.231. The Kier molecular flexibility index (Phi) is 6.82. The van der Waals surface area contributed by atoms with Gasteiger partial charge in [0.2, 0.25) is 0 Å². The molecule has 1 amide bonds. The van der Waals surface area contributed by atoms with Crippen molar-refractivity contribution in [3.05, 3.63) is 99.2 Å². The van der Waals surface area contributed by atoms with Crippen LogP contribution >= 0.6 is 34.5 Å². The summed E-state index contributed by atoms with van der Waals surface area (Å²) in [5, 5.41) is 6.44. The van der Waals surface area contributed by atoms with Gasteiger partial charge in [-0.1, -0.05) is 41.4 Å². The molecule has 0 aliphatic heterocycles. The van der Waals surface area contributed by atoms with Gasteiger partial charge >= 0.3 is 0 Å². The summed E-state index contributed by atoms with van der Waals surface area (Å²) in [6, 6.07) is 16.6. The first-order chi connectivity index (χ1) is 15.1. The molecule has 0 spiro atoms. The summed E-state index contributed by atoms with van der Waals surface area (Å²) in [5.41, 5.74) is 2.98. The van der Waals surface area contributed by atoms with Crippen LogP contribution in [0.2, 0.25) is 10.0 Å². The van der Waals surface area contributed by atoms with Gasteiger partial charge in [-0.2, -0.15) is 0 Å². The van der Waals surface area contributed by atoms with E-state index in [1.165, 1.54) is 11.3 Å². The number of hydrogen-bond acceptors (Lipinski definition) is 5. The Hall–Kier alpha value is -2.93. The van der Waals surface area contributed by atoms with Crippen LogP contribution in [0.15, 0.2) is 72.4 Å². The third-order valence-electron chi connectivity index (χ3n) is 4.46. The van der Waals surface area contributed by atoms with Gasteiger partial charge in [-0.15, -0.1) is 11.3 Å². The molecule has 0 atom stereocenters. The van der Waals surface area contributed by atoms with Crippen molar-refractivity contribution in [2.45, 2.75) is 13.2 Å². The van der Waals surface area contributed by atoms with E-state index in [4.69, 9.17) is 27.9 Å². The van der Waals surface area contributed by atoms with E-state index >= 15 is 0 Å². The van der Waals surface area contributed by atoms with Crippen molar-refractivity contribution >= 4 is 40.4 Å². The number of amides is 1. The second kappa shape index (κ2) is 9.92. The number of thiazole rings is 1. The third kappa shape index (κ3) is 5.41. The van der Waals surface area contributed by atoms with Crippen LogP contribution < -0.4 is 10.1 Å². The number of ether oxygens (including phenoxy) is 1. The monoisotopic (exact) mass is 469 g/mol. The maximum atomic E-state index is 12.5. The molecule has 0 fully saturated rings. The normalized spacial score (nSPS) is 10.6.